The standard InChI is InChI=1S/C21H14ClF2N5O3/c22-14-4-2-1-3-12(14)10-29-20(31)18-19(26-8-7-25-18)28(21(29)32)11-17(30)27-16-6-5-13(23)9-15(16)24/h1-9H,10-11H2,(H,27,30). The molecule has 32 heavy (non-hydrogen) atoms. The van der Waals surface area contributed by atoms with E-state index >= 15 is 0 Å². The highest BCUT2D eigenvalue weighted by molar-refractivity contribution is 6.31. The van der Waals surface area contributed by atoms with Crippen LogP contribution in [-0.4, -0.2) is 25.0 Å². The van der Waals surface area contributed by atoms with Crippen LogP contribution in [0.25, 0.3) is 11.2 Å². The Bertz CT molecular complexity index is 1470. The van der Waals surface area contributed by atoms with E-state index in [-0.39, 0.29) is 23.4 Å². The number of fused-ring (bicyclic) bond motifs is 1. The molecule has 1 amide bonds. The van der Waals surface area contributed by atoms with Crippen LogP contribution in [0, 0.1) is 11.6 Å². The molecular weight excluding hydrogens is 444 g/mol. The van der Waals surface area contributed by atoms with Crippen LogP contribution in [0.3, 0.4) is 0 Å². The Kier molecular flexibility index (Phi) is 5.78. The van der Waals surface area contributed by atoms with Crippen LogP contribution in [0.5, 0.6) is 0 Å². The molecule has 4 aromatic rings. The van der Waals surface area contributed by atoms with Crippen LogP contribution >= 0.6 is 11.6 Å². The normalized spacial score (nSPS) is 11.0. The average molecular weight is 458 g/mol. The first-order valence-corrected chi connectivity index (χ1v) is 9.65. The van der Waals surface area contributed by atoms with Gasteiger partial charge in [-0.1, -0.05) is 29.8 Å². The molecule has 0 aliphatic heterocycles. The van der Waals surface area contributed by atoms with Gasteiger partial charge in [0.05, 0.1) is 12.2 Å². The van der Waals surface area contributed by atoms with Gasteiger partial charge < -0.3 is 5.32 Å². The summed E-state index contributed by atoms with van der Waals surface area (Å²) in [7, 11) is 0. The summed E-state index contributed by atoms with van der Waals surface area (Å²) in [4.78, 5) is 46.6. The molecule has 11 heteroatoms. The minimum Gasteiger partial charge on any atom is -0.322 e. The first-order valence-electron chi connectivity index (χ1n) is 9.28. The molecule has 0 bridgehead atoms. The topological polar surface area (TPSA) is 98.9 Å². The lowest BCUT2D eigenvalue weighted by Crippen LogP contribution is -2.42. The molecule has 0 spiro atoms. The molecule has 0 aliphatic carbocycles. The predicted molar refractivity (Wildman–Crippen MR) is 114 cm³/mol. The van der Waals surface area contributed by atoms with Gasteiger partial charge in [0.15, 0.2) is 11.2 Å². The van der Waals surface area contributed by atoms with Crippen molar-refractivity contribution in [3.05, 3.63) is 97.9 Å². The molecule has 2 aromatic heterocycles. The summed E-state index contributed by atoms with van der Waals surface area (Å²) < 4.78 is 28.8. The predicted octanol–water partition coefficient (Wildman–Crippen LogP) is 2.57. The molecule has 0 unspecified atom stereocenters. The Labute approximate surface area is 183 Å². The fourth-order valence-electron chi connectivity index (χ4n) is 3.13. The van der Waals surface area contributed by atoms with Gasteiger partial charge in [-0.2, -0.15) is 0 Å². The molecule has 0 saturated heterocycles. The second-order valence-corrected chi connectivity index (χ2v) is 7.16. The van der Waals surface area contributed by atoms with Crippen LogP contribution in [0.15, 0.2) is 64.4 Å². The summed E-state index contributed by atoms with van der Waals surface area (Å²) in [6.07, 6.45) is 2.56. The minimum absolute atomic E-state index is 0.104. The number of halogens is 3. The largest absolute Gasteiger partial charge is 0.333 e. The van der Waals surface area contributed by atoms with Crippen molar-refractivity contribution in [2.24, 2.45) is 0 Å². The lowest BCUT2D eigenvalue weighted by molar-refractivity contribution is -0.116. The van der Waals surface area contributed by atoms with Gasteiger partial charge in [-0.15, -0.1) is 0 Å². The van der Waals surface area contributed by atoms with Gasteiger partial charge in [0, 0.05) is 23.5 Å². The summed E-state index contributed by atoms with van der Waals surface area (Å²) in [5.41, 5.74) is -1.49. The van der Waals surface area contributed by atoms with Crippen LogP contribution in [0.2, 0.25) is 5.02 Å². The van der Waals surface area contributed by atoms with Crippen LogP contribution in [0.4, 0.5) is 14.5 Å². The number of nitrogens with zero attached hydrogens (tertiary/aromatic N) is 4. The van der Waals surface area contributed by atoms with Crippen molar-refractivity contribution in [3.8, 4) is 0 Å². The molecule has 4 rings (SSSR count). The van der Waals surface area contributed by atoms with Crippen molar-refractivity contribution in [3.63, 3.8) is 0 Å². The third-order valence-electron chi connectivity index (χ3n) is 4.64. The maximum atomic E-state index is 13.9. The third-order valence-corrected chi connectivity index (χ3v) is 5.01. The number of hydrogen-bond acceptors (Lipinski definition) is 5. The van der Waals surface area contributed by atoms with Gasteiger partial charge in [0.25, 0.3) is 5.56 Å². The van der Waals surface area contributed by atoms with Crippen LogP contribution in [0.1, 0.15) is 5.56 Å². The quantitative estimate of drug-likeness (QED) is 0.496. The molecule has 0 aliphatic rings. The fourth-order valence-corrected chi connectivity index (χ4v) is 3.33. The summed E-state index contributed by atoms with van der Waals surface area (Å²) in [5, 5.41) is 2.63. The minimum atomic E-state index is -0.973. The zero-order chi connectivity index (χ0) is 22.8. The van der Waals surface area contributed by atoms with Gasteiger partial charge in [-0.3, -0.25) is 18.7 Å². The molecule has 0 atom stereocenters. The van der Waals surface area contributed by atoms with E-state index in [4.69, 9.17) is 11.6 Å². The number of aromatic nitrogens is 4. The van der Waals surface area contributed by atoms with Crippen LogP contribution < -0.4 is 16.6 Å². The number of carbonyl (C=O) groups is 1. The first kappa shape index (κ1) is 21.3. The van der Waals surface area contributed by atoms with E-state index in [0.29, 0.717) is 16.7 Å². The highest BCUT2D eigenvalue weighted by Gasteiger charge is 2.18. The van der Waals surface area contributed by atoms with Crippen molar-refractivity contribution in [2.45, 2.75) is 13.1 Å². The number of amides is 1. The lowest BCUT2D eigenvalue weighted by Gasteiger charge is -2.13. The molecular formula is C21H14ClF2N5O3. The summed E-state index contributed by atoms with van der Waals surface area (Å²) >= 11 is 6.16. The third kappa shape index (κ3) is 4.12. The highest BCUT2D eigenvalue weighted by atomic mass is 35.5. The molecule has 1 N–H and O–H groups in total. The Hall–Kier alpha value is -3.92. The molecule has 8 nitrogen and oxygen atoms in total. The Morgan fingerprint density at radius 2 is 1.78 bits per heavy atom. The first-order chi connectivity index (χ1) is 15.3. The maximum Gasteiger partial charge on any atom is 0.333 e. The zero-order valence-electron chi connectivity index (χ0n) is 16.3. The molecule has 2 heterocycles. The van der Waals surface area contributed by atoms with E-state index in [9.17, 15) is 23.2 Å². The van der Waals surface area contributed by atoms with Gasteiger partial charge in [0.2, 0.25) is 5.91 Å². The summed E-state index contributed by atoms with van der Waals surface area (Å²) in [5.74, 6) is -2.56. The number of nitrogens with one attached hydrogen (secondary N) is 1. The van der Waals surface area contributed by atoms with Crippen molar-refractivity contribution in [1.29, 1.82) is 0 Å². The molecule has 2 aromatic carbocycles. The van der Waals surface area contributed by atoms with E-state index < -0.39 is 35.3 Å². The average Bonchev–Trinajstić information content (AvgIpc) is 2.77. The van der Waals surface area contributed by atoms with Crippen molar-refractivity contribution in [1.82, 2.24) is 19.1 Å². The van der Waals surface area contributed by atoms with E-state index in [1.165, 1.54) is 12.4 Å². The maximum absolute atomic E-state index is 13.9. The second kappa shape index (κ2) is 8.67. The second-order valence-electron chi connectivity index (χ2n) is 6.75. The van der Waals surface area contributed by atoms with Gasteiger partial charge in [0.1, 0.15) is 18.2 Å². The van der Waals surface area contributed by atoms with Crippen molar-refractivity contribution in [2.75, 3.05) is 5.32 Å². The number of rotatable bonds is 5. The zero-order valence-corrected chi connectivity index (χ0v) is 17.0. The smallest absolute Gasteiger partial charge is 0.322 e. The van der Waals surface area contributed by atoms with Crippen LogP contribution in [-0.2, 0) is 17.9 Å². The molecule has 0 fully saturated rings. The Balaban J connectivity index is 1.76. The molecule has 0 saturated carbocycles. The monoisotopic (exact) mass is 457 g/mol. The van der Waals surface area contributed by atoms with Crippen molar-refractivity contribution >= 4 is 34.4 Å². The van der Waals surface area contributed by atoms with E-state index in [1.54, 1.807) is 24.3 Å². The molecule has 0 radical (unpaired) electrons. The number of hydrogen-bond donors (Lipinski definition) is 1. The van der Waals surface area contributed by atoms with E-state index in [2.05, 4.69) is 15.3 Å². The highest BCUT2D eigenvalue weighted by Crippen LogP contribution is 2.16. The van der Waals surface area contributed by atoms with E-state index in [1.807, 2.05) is 0 Å². The lowest BCUT2D eigenvalue weighted by atomic mass is 10.2. The van der Waals surface area contributed by atoms with Gasteiger partial charge in [-0.25, -0.2) is 23.5 Å². The SMILES string of the molecule is O=C(Cn1c(=O)n(Cc2ccccc2Cl)c(=O)c2nccnc21)Nc1ccc(F)cc1F. The Morgan fingerprint density at radius 3 is 2.53 bits per heavy atom. The van der Waals surface area contributed by atoms with E-state index in [0.717, 1.165) is 21.3 Å². The number of anilines is 1. The summed E-state index contributed by atoms with van der Waals surface area (Å²) in [6, 6.07) is 9.34. The Morgan fingerprint density at radius 1 is 1.03 bits per heavy atom. The van der Waals surface area contributed by atoms with Crippen molar-refractivity contribution < 1.29 is 13.6 Å². The van der Waals surface area contributed by atoms with Gasteiger partial charge >= 0.3 is 5.69 Å². The molecule has 162 valence electrons. The number of benzene rings is 2. The number of carbonyl (C=O) groups excluding carboxylic acids is 1. The fraction of sp³-hybridized carbons (Fsp3) is 0.0952. The summed E-state index contributed by atoms with van der Waals surface area (Å²) in [6.45, 7) is -0.744. The van der Waals surface area contributed by atoms with Gasteiger partial charge in [-0.05, 0) is 23.8 Å².